The molecule has 0 rings (SSSR count). The van der Waals surface area contributed by atoms with Crippen molar-refractivity contribution in [2.24, 2.45) is 0 Å². The second kappa shape index (κ2) is 81.1. The van der Waals surface area contributed by atoms with Crippen LogP contribution in [0.4, 0.5) is 0 Å². The molecule has 0 fully saturated rings. The van der Waals surface area contributed by atoms with Crippen molar-refractivity contribution < 1.29 is 124 Å². The molecule has 0 heterocycles. The number of carbonyl (C=O) groups excluding carboxylic acids is 2. The smallest absolute Gasteiger partial charge is 0.335 e. The molecule has 346 valence electrons. The monoisotopic (exact) mass is 1300 g/mol. The molecule has 0 bridgehead atoms. The van der Waals surface area contributed by atoms with E-state index in [1.165, 1.54) is 78.5 Å². The summed E-state index contributed by atoms with van der Waals surface area (Å²) in [6.45, 7) is 20.0. The zero-order chi connectivity index (χ0) is 46.1. The Morgan fingerprint density at radius 2 is 1.07 bits per heavy atom. The molecule has 0 saturated heterocycles. The molecule has 0 amide bonds. The van der Waals surface area contributed by atoms with Crippen molar-refractivity contribution in [2.45, 2.75) is 133 Å². The third kappa shape index (κ3) is 108. The second-order valence-corrected chi connectivity index (χ2v) is 20.1. The summed E-state index contributed by atoms with van der Waals surface area (Å²) in [7, 11) is 11.4. The van der Waals surface area contributed by atoms with E-state index in [4.69, 9.17) is 30.1 Å². The Morgan fingerprint density at radius 3 is 1.07 bits per heavy atom. The molecule has 6 unspecified atom stereocenters. The summed E-state index contributed by atoms with van der Waals surface area (Å²) >= 11 is 33.1. The Hall–Kier alpha value is 3.83. The van der Waals surface area contributed by atoms with Gasteiger partial charge in [-0.1, -0.05) is 47.6 Å². The van der Waals surface area contributed by atoms with Crippen LogP contribution in [0.2, 0.25) is 0 Å². The van der Waals surface area contributed by atoms with Gasteiger partial charge in [0.05, 0.1) is 0 Å². The van der Waals surface area contributed by atoms with Crippen molar-refractivity contribution in [1.29, 1.82) is 0 Å². The number of rotatable bonds is 9. The molecule has 31 heteroatoms. The number of carbonyl (C=O) groups is 5. The fraction of sp³-hybridized carbons (Fsp3) is 0.741. The molecule has 0 aromatic carbocycles. The van der Waals surface area contributed by atoms with Crippen LogP contribution in [0.25, 0.3) is 0 Å². The van der Waals surface area contributed by atoms with Gasteiger partial charge in [-0.3, -0.25) is 9.59 Å². The van der Waals surface area contributed by atoms with Gasteiger partial charge in [-0.05, 0) is 68.2 Å². The standard InChI is InChI=1S/C6H13O2P.C5H10O3.C5H8O2.C4H9O2P.C3H6O3.C3H8.CH4.S5.S4.S3.S2.H2S.2Y/c1-4-6(3,8-9)5(2)7;1-3-5(2,8)4(6)7;1-3-4(2)5(6)7;1-3(5)4(2)6-7;1-2(4)3(5)6;1-3-2;;1-3-5-4-2;1-3-4-2;1-3-2;1-2;;;/h4,9H2,1-3H3;8H,3H2,1-2H3,(H,6,7);3H,1-2H3,(H,6,7);4H,7H2,1-2H3;2,4H,1H3,(H,5,6);3H2,1-2H3;1H4;;;;;1H2;;/b;;4-3-;;;;;;;;;;;. The topological polar surface area (TPSA) is 205 Å². The number of allylic oxidation sites excluding steroid dienone is 1. The van der Waals surface area contributed by atoms with E-state index in [0.29, 0.717) is 12.0 Å². The predicted molar refractivity (Wildman–Crippen MR) is 282 cm³/mol. The summed E-state index contributed by atoms with van der Waals surface area (Å²) in [4.78, 5) is 50.3. The molecule has 58 heavy (non-hydrogen) atoms. The van der Waals surface area contributed by atoms with Crippen molar-refractivity contribution in [3.8, 4) is 0 Å². The van der Waals surface area contributed by atoms with Gasteiger partial charge < -0.3 is 34.6 Å². The molecule has 0 aliphatic heterocycles. The summed E-state index contributed by atoms with van der Waals surface area (Å²) in [6, 6.07) is 0. The van der Waals surface area contributed by atoms with Crippen LogP contribution < -0.4 is 0 Å². The van der Waals surface area contributed by atoms with Crippen molar-refractivity contribution in [3.63, 3.8) is 0 Å². The summed E-state index contributed by atoms with van der Waals surface area (Å²) in [5.41, 5.74) is -1.75. The molecular weight excluding hydrogens is 1240 g/mol. The van der Waals surface area contributed by atoms with Gasteiger partial charge in [0.1, 0.15) is 17.8 Å². The average Bonchev–Trinajstić information content (AvgIpc) is 3.13. The molecule has 0 saturated carbocycles. The predicted octanol–water partition coefficient (Wildman–Crippen LogP) is 5.17. The van der Waals surface area contributed by atoms with Gasteiger partial charge in [-0.25, -0.2) is 14.4 Å². The van der Waals surface area contributed by atoms with Crippen LogP contribution in [-0.4, -0.2) is 78.4 Å². The fourth-order valence-corrected chi connectivity index (χ4v) is 4.07. The molecular formula is C27H60O12P2S15Y2. The molecule has 0 aliphatic rings. The molecule has 0 aromatic heterocycles. The van der Waals surface area contributed by atoms with Crippen LogP contribution in [0.3, 0.4) is 0 Å². The number of Topliss-reactive ketones (excluding diaryl/α,β-unsaturated/α-hetero) is 2. The SMILES string of the molecule is C.C/C=C(/C)C(=O)O.CC(=O)C(C)OP.CC(O)C(=O)O.CCC.CCC(C)(O)C(=O)O.CCC(C)(OP)C(C)=O.S.S=S.S=S=S.S=S=S=S.S=S=S=S=S.[Y].[Y]. The van der Waals surface area contributed by atoms with E-state index in [2.05, 4.69) is 117 Å². The van der Waals surface area contributed by atoms with Gasteiger partial charge in [0.15, 0.2) is 17.2 Å². The molecule has 6 atom stereocenters. The molecule has 0 aliphatic carbocycles. The minimum atomic E-state index is -1.54. The first kappa shape index (κ1) is 100. The third-order valence-corrected chi connectivity index (χ3v) is 12.4. The van der Waals surface area contributed by atoms with Gasteiger partial charge in [-0.15, -0.1) is 0 Å². The van der Waals surface area contributed by atoms with E-state index in [1.807, 2.05) is 16.4 Å². The first-order valence-electron chi connectivity index (χ1n) is 14.1. The summed E-state index contributed by atoms with van der Waals surface area (Å²) in [5, 5.41) is 40.9. The van der Waals surface area contributed by atoms with E-state index >= 15 is 0 Å². The van der Waals surface area contributed by atoms with Crippen LogP contribution in [-0.2, 0) is 241 Å². The molecule has 12 nitrogen and oxygen atoms in total. The number of carboxylic acid groups (broad SMARTS) is 3. The van der Waals surface area contributed by atoms with Gasteiger partial charge in [-0.2, -0.15) is 13.5 Å². The summed E-state index contributed by atoms with van der Waals surface area (Å²) < 4.78 is 9.49. The molecule has 0 spiro atoms. The van der Waals surface area contributed by atoms with Crippen LogP contribution in [0.1, 0.15) is 110 Å². The number of aliphatic hydroxyl groups excluding tert-OH is 1. The molecule has 0 aromatic rings. The summed E-state index contributed by atoms with van der Waals surface area (Å²) in [5.74, 6) is -3.08. The Morgan fingerprint density at radius 1 is 0.776 bits per heavy atom. The van der Waals surface area contributed by atoms with Crippen molar-refractivity contribution in [3.05, 3.63) is 11.6 Å². The number of ketones is 2. The van der Waals surface area contributed by atoms with Crippen LogP contribution in [0, 0.1) is 0 Å². The van der Waals surface area contributed by atoms with Gasteiger partial charge in [0, 0.05) is 233 Å². The normalized spacial score (nSPS) is 10.9. The molecule has 5 N–H and O–H groups in total. The van der Waals surface area contributed by atoms with Crippen molar-refractivity contribution in [2.75, 3.05) is 0 Å². The van der Waals surface area contributed by atoms with E-state index < -0.39 is 35.2 Å². The number of aliphatic hydroxyl groups is 2. The van der Waals surface area contributed by atoms with Gasteiger partial charge >= 0.3 is 17.9 Å². The van der Waals surface area contributed by atoms with Crippen LogP contribution >= 0.6 is 32.4 Å². The average molecular weight is 1300 g/mol. The summed E-state index contributed by atoms with van der Waals surface area (Å²) in [6.07, 6.45) is 2.26. The molecule has 2 radical (unpaired) electrons. The van der Waals surface area contributed by atoms with E-state index in [1.54, 1.807) is 40.7 Å². The zero-order valence-electron chi connectivity index (χ0n) is 33.5. The number of aliphatic carboxylic acids is 3. The maximum atomic E-state index is 10.8. The van der Waals surface area contributed by atoms with E-state index in [-0.39, 0.29) is 110 Å². The fourth-order valence-electron chi connectivity index (χ4n) is 0.797. The quantitative estimate of drug-likeness (QED) is 0.149. The number of hydrogen-bond acceptors (Lipinski definition) is 17. The first-order chi connectivity index (χ1) is 24.7. The van der Waals surface area contributed by atoms with Crippen molar-refractivity contribution in [1.82, 2.24) is 0 Å². The zero-order valence-corrected chi connectivity index (χ0v) is 53.9. The first-order valence-corrected chi connectivity index (χ1v) is 28.4. The largest absolute Gasteiger partial charge is 0.479 e. The Bertz CT molecular complexity index is 1240. The van der Waals surface area contributed by atoms with E-state index in [9.17, 15) is 24.0 Å². The minimum Gasteiger partial charge on any atom is -0.479 e. The van der Waals surface area contributed by atoms with Gasteiger partial charge in [0.25, 0.3) is 0 Å². The Kier molecular flexibility index (Phi) is 140. The Balaban J connectivity index is -0.0000000314. The maximum Gasteiger partial charge on any atom is 0.335 e. The number of hydrogen-bond donors (Lipinski definition) is 5. The maximum absolute atomic E-state index is 10.8. The van der Waals surface area contributed by atoms with Crippen LogP contribution in [0.15, 0.2) is 11.6 Å². The second-order valence-electron chi connectivity index (χ2n) is 8.99. The Labute approximate surface area is 466 Å². The van der Waals surface area contributed by atoms with E-state index in [0.717, 1.165) is 8.88 Å². The van der Waals surface area contributed by atoms with Crippen molar-refractivity contribution >= 4 is 205 Å². The minimum absolute atomic E-state index is 0. The third-order valence-electron chi connectivity index (χ3n) is 4.82. The number of carboxylic acids is 3. The van der Waals surface area contributed by atoms with Gasteiger partial charge in [0.2, 0.25) is 0 Å². The van der Waals surface area contributed by atoms with Crippen LogP contribution in [0.5, 0.6) is 0 Å².